The van der Waals surface area contributed by atoms with Gasteiger partial charge in [0.15, 0.2) is 0 Å². The molecule has 4 heteroatoms. The monoisotopic (exact) mass is 242 g/mol. The van der Waals surface area contributed by atoms with Gasteiger partial charge in [0.25, 0.3) is 5.91 Å². The molecule has 0 bridgehead atoms. The second kappa shape index (κ2) is 5.46. The van der Waals surface area contributed by atoms with Crippen molar-refractivity contribution in [1.82, 2.24) is 5.32 Å². The number of carbonyl (C=O) groups excluding carboxylic acids is 2. The third kappa shape index (κ3) is 2.75. The number of nitrogens with zero attached hydrogens (tertiary/aromatic N) is 1. The van der Waals surface area contributed by atoms with Crippen molar-refractivity contribution in [3.63, 3.8) is 0 Å². The molecule has 92 valence electrons. The van der Waals surface area contributed by atoms with Gasteiger partial charge in [-0.05, 0) is 30.0 Å². The van der Waals surface area contributed by atoms with Crippen LogP contribution in [-0.2, 0) is 4.79 Å². The van der Waals surface area contributed by atoms with Crippen LogP contribution in [0.1, 0.15) is 41.1 Å². The summed E-state index contributed by atoms with van der Waals surface area (Å²) in [6.45, 7) is 0.0116. The summed E-state index contributed by atoms with van der Waals surface area (Å²) in [6, 6.07) is 9.13. The zero-order valence-electron chi connectivity index (χ0n) is 9.98. The standard InChI is InChI=1S/C14H14N2O2/c15-7-8-16-14(18)11-3-1-10(2-4-11)12-5-6-13(17)9-12/h1-4,12H,5-6,8-9H2,(H,16,18). The van der Waals surface area contributed by atoms with Gasteiger partial charge < -0.3 is 5.32 Å². The van der Waals surface area contributed by atoms with Gasteiger partial charge in [-0.25, -0.2) is 0 Å². The summed E-state index contributed by atoms with van der Waals surface area (Å²) < 4.78 is 0. The first kappa shape index (κ1) is 12.3. The maximum absolute atomic E-state index is 11.6. The Bertz CT molecular complexity index is 500. The smallest absolute Gasteiger partial charge is 0.252 e. The van der Waals surface area contributed by atoms with Crippen LogP contribution in [0.4, 0.5) is 0 Å². The van der Waals surface area contributed by atoms with Gasteiger partial charge >= 0.3 is 0 Å². The van der Waals surface area contributed by atoms with E-state index in [2.05, 4.69) is 5.32 Å². The molecule has 0 aliphatic heterocycles. The number of hydrogen-bond acceptors (Lipinski definition) is 3. The van der Waals surface area contributed by atoms with E-state index in [1.165, 1.54) is 0 Å². The number of nitrogens with one attached hydrogen (secondary N) is 1. The lowest BCUT2D eigenvalue weighted by atomic mass is 9.96. The Hall–Kier alpha value is -2.15. The molecule has 0 aromatic heterocycles. The van der Waals surface area contributed by atoms with E-state index in [-0.39, 0.29) is 12.5 Å². The molecule has 1 aliphatic carbocycles. The van der Waals surface area contributed by atoms with Crippen LogP contribution in [0, 0.1) is 11.3 Å². The molecule has 1 aromatic rings. The highest BCUT2D eigenvalue weighted by Crippen LogP contribution is 2.31. The molecule has 0 saturated heterocycles. The number of benzene rings is 1. The molecule has 1 aliphatic rings. The van der Waals surface area contributed by atoms with Crippen molar-refractivity contribution >= 4 is 11.7 Å². The first-order valence-electron chi connectivity index (χ1n) is 5.97. The fraction of sp³-hybridized carbons (Fsp3) is 0.357. The second-order valence-electron chi connectivity index (χ2n) is 4.44. The molecule has 2 rings (SSSR count). The molecule has 18 heavy (non-hydrogen) atoms. The van der Waals surface area contributed by atoms with Crippen molar-refractivity contribution in [2.45, 2.75) is 25.2 Å². The van der Waals surface area contributed by atoms with Gasteiger partial charge in [-0.3, -0.25) is 9.59 Å². The first-order valence-corrected chi connectivity index (χ1v) is 5.97. The summed E-state index contributed by atoms with van der Waals surface area (Å²) >= 11 is 0. The Morgan fingerprint density at radius 3 is 2.67 bits per heavy atom. The minimum absolute atomic E-state index is 0.0116. The molecule has 1 fully saturated rings. The van der Waals surface area contributed by atoms with E-state index in [1.54, 1.807) is 12.1 Å². The first-order chi connectivity index (χ1) is 8.70. The van der Waals surface area contributed by atoms with Crippen molar-refractivity contribution in [2.75, 3.05) is 6.54 Å². The van der Waals surface area contributed by atoms with Crippen LogP contribution < -0.4 is 5.32 Å². The molecule has 0 spiro atoms. The van der Waals surface area contributed by atoms with Gasteiger partial charge in [0.2, 0.25) is 0 Å². The zero-order chi connectivity index (χ0) is 13.0. The average Bonchev–Trinajstić information content (AvgIpc) is 2.83. The molecular weight excluding hydrogens is 228 g/mol. The van der Waals surface area contributed by atoms with E-state index in [1.807, 2.05) is 18.2 Å². The fourth-order valence-electron chi connectivity index (χ4n) is 2.23. The van der Waals surface area contributed by atoms with Crippen LogP contribution in [0.5, 0.6) is 0 Å². The lowest BCUT2D eigenvalue weighted by Crippen LogP contribution is -2.23. The molecule has 1 N–H and O–H groups in total. The number of rotatable bonds is 3. The summed E-state index contributed by atoms with van der Waals surface area (Å²) in [5, 5.41) is 10.9. The van der Waals surface area contributed by atoms with E-state index >= 15 is 0 Å². The van der Waals surface area contributed by atoms with Gasteiger partial charge in [-0.15, -0.1) is 0 Å². The predicted molar refractivity (Wildman–Crippen MR) is 66.0 cm³/mol. The van der Waals surface area contributed by atoms with Gasteiger partial charge in [0.05, 0.1) is 6.07 Å². The highest BCUT2D eigenvalue weighted by molar-refractivity contribution is 5.94. The summed E-state index contributed by atoms with van der Waals surface area (Å²) in [5.74, 6) is 0.371. The lowest BCUT2D eigenvalue weighted by molar-refractivity contribution is -0.117. The van der Waals surface area contributed by atoms with Crippen molar-refractivity contribution in [3.05, 3.63) is 35.4 Å². The van der Waals surface area contributed by atoms with Crippen LogP contribution in [0.2, 0.25) is 0 Å². The quantitative estimate of drug-likeness (QED) is 0.821. The molecule has 4 nitrogen and oxygen atoms in total. The van der Waals surface area contributed by atoms with Crippen molar-refractivity contribution in [1.29, 1.82) is 5.26 Å². The average molecular weight is 242 g/mol. The van der Waals surface area contributed by atoms with E-state index in [4.69, 9.17) is 5.26 Å². The third-order valence-corrected chi connectivity index (χ3v) is 3.22. The number of ketones is 1. The molecule has 1 unspecified atom stereocenters. The highest BCUT2D eigenvalue weighted by Gasteiger charge is 2.23. The zero-order valence-corrected chi connectivity index (χ0v) is 9.98. The number of nitriles is 1. The van der Waals surface area contributed by atoms with Crippen molar-refractivity contribution in [3.8, 4) is 6.07 Å². The van der Waals surface area contributed by atoms with Gasteiger partial charge in [-0.2, -0.15) is 5.26 Å². The Labute approximate surface area is 106 Å². The number of amides is 1. The molecule has 1 saturated carbocycles. The van der Waals surface area contributed by atoms with Crippen LogP contribution in [0.15, 0.2) is 24.3 Å². The van der Waals surface area contributed by atoms with Gasteiger partial charge in [0, 0.05) is 18.4 Å². The molecule has 1 amide bonds. The summed E-state index contributed by atoms with van der Waals surface area (Å²) in [7, 11) is 0. The van der Waals surface area contributed by atoms with Crippen LogP contribution >= 0.6 is 0 Å². The van der Waals surface area contributed by atoms with Gasteiger partial charge in [0.1, 0.15) is 12.3 Å². The molecule has 0 radical (unpaired) electrons. The Kier molecular flexibility index (Phi) is 3.73. The van der Waals surface area contributed by atoms with E-state index in [9.17, 15) is 9.59 Å². The number of carbonyl (C=O) groups is 2. The lowest BCUT2D eigenvalue weighted by Gasteiger charge is -2.09. The largest absolute Gasteiger partial charge is 0.339 e. The van der Waals surface area contributed by atoms with Crippen molar-refractivity contribution < 1.29 is 9.59 Å². The maximum Gasteiger partial charge on any atom is 0.252 e. The summed E-state index contributed by atoms with van der Waals surface area (Å²) in [6.07, 6.45) is 2.17. The van der Waals surface area contributed by atoms with Crippen LogP contribution in [0.25, 0.3) is 0 Å². The highest BCUT2D eigenvalue weighted by atomic mass is 16.1. The fourth-order valence-corrected chi connectivity index (χ4v) is 2.23. The third-order valence-electron chi connectivity index (χ3n) is 3.22. The van der Waals surface area contributed by atoms with E-state index < -0.39 is 0 Å². The summed E-state index contributed by atoms with van der Waals surface area (Å²) in [4.78, 5) is 22.8. The molecule has 1 aromatic carbocycles. The SMILES string of the molecule is N#CCNC(=O)c1ccc(C2CCC(=O)C2)cc1. The van der Waals surface area contributed by atoms with Crippen LogP contribution in [0.3, 0.4) is 0 Å². The Morgan fingerprint density at radius 2 is 2.11 bits per heavy atom. The van der Waals surface area contributed by atoms with E-state index in [0.29, 0.717) is 30.1 Å². The minimum Gasteiger partial charge on any atom is -0.339 e. The molecule has 0 heterocycles. The van der Waals surface area contributed by atoms with E-state index in [0.717, 1.165) is 12.0 Å². The Balaban J connectivity index is 2.04. The van der Waals surface area contributed by atoms with Crippen molar-refractivity contribution in [2.24, 2.45) is 0 Å². The normalized spacial score (nSPS) is 18.4. The van der Waals surface area contributed by atoms with Crippen LogP contribution in [-0.4, -0.2) is 18.2 Å². The number of Topliss-reactive ketones (excluding diaryl/α,β-unsaturated/α-hetero) is 1. The van der Waals surface area contributed by atoms with Gasteiger partial charge in [-0.1, -0.05) is 12.1 Å². The molecular formula is C14H14N2O2. The molecule has 1 atom stereocenters. The maximum atomic E-state index is 11.6. The topological polar surface area (TPSA) is 70.0 Å². The second-order valence-corrected chi connectivity index (χ2v) is 4.44. The predicted octanol–water partition coefficient (Wildman–Crippen LogP) is 1.78. The number of hydrogen-bond donors (Lipinski definition) is 1. The minimum atomic E-state index is -0.245. The Morgan fingerprint density at radius 1 is 1.39 bits per heavy atom. The summed E-state index contributed by atoms with van der Waals surface area (Å²) in [5.41, 5.74) is 1.65.